The summed E-state index contributed by atoms with van der Waals surface area (Å²) in [6.07, 6.45) is 0. The van der Waals surface area contributed by atoms with Crippen LogP contribution in [0.3, 0.4) is 0 Å². The van der Waals surface area contributed by atoms with Gasteiger partial charge in [-0.15, -0.1) is 0 Å². The second-order valence-electron chi connectivity index (χ2n) is 7.40. The Morgan fingerprint density at radius 1 is 1.21 bits per heavy atom. The van der Waals surface area contributed by atoms with Gasteiger partial charge in [-0.05, 0) is 42.3 Å². The number of esters is 1. The number of carbonyl (C=O) groups excluding carboxylic acids is 3. The number of nitrogens with one attached hydrogen (secondary N) is 2. The van der Waals surface area contributed by atoms with Crippen molar-refractivity contribution in [1.29, 1.82) is 5.26 Å². The lowest BCUT2D eigenvalue weighted by molar-refractivity contribution is -0.150. The van der Waals surface area contributed by atoms with Crippen molar-refractivity contribution in [2.45, 2.75) is 12.8 Å². The topological polar surface area (TPSA) is 118 Å². The molecule has 0 aromatic heterocycles. The monoisotopic (exact) mass is 499 g/mol. The summed E-state index contributed by atoms with van der Waals surface area (Å²) >= 11 is 7.10. The lowest BCUT2D eigenvalue weighted by Gasteiger charge is -2.31. The number of thioether (sulfide) groups is 1. The van der Waals surface area contributed by atoms with Gasteiger partial charge >= 0.3 is 5.97 Å². The summed E-state index contributed by atoms with van der Waals surface area (Å²) in [5.74, 6) is -3.34. The van der Waals surface area contributed by atoms with Gasteiger partial charge in [0.25, 0.3) is 0 Å². The molecule has 3 rings (SSSR count). The molecule has 10 heteroatoms. The van der Waals surface area contributed by atoms with Gasteiger partial charge in [0.05, 0.1) is 36.6 Å². The van der Waals surface area contributed by atoms with Gasteiger partial charge < -0.3 is 20.1 Å². The number of allylic oxidation sites excluding steroid dienone is 1. The number of rotatable bonds is 7. The minimum atomic E-state index is -1.25. The molecule has 2 amide bonds. The first-order valence-corrected chi connectivity index (χ1v) is 11.5. The van der Waals surface area contributed by atoms with E-state index < -0.39 is 23.7 Å². The van der Waals surface area contributed by atoms with Crippen LogP contribution >= 0.6 is 23.4 Å². The molecule has 0 spiro atoms. The maximum atomic E-state index is 12.9. The van der Waals surface area contributed by atoms with Gasteiger partial charge in [0, 0.05) is 16.6 Å². The third-order valence-corrected chi connectivity index (χ3v) is 6.69. The number of anilines is 1. The van der Waals surface area contributed by atoms with Crippen LogP contribution in [0.5, 0.6) is 5.75 Å². The molecule has 0 bridgehead atoms. The molecule has 176 valence electrons. The summed E-state index contributed by atoms with van der Waals surface area (Å²) in [5.41, 5.74) is 2.15. The van der Waals surface area contributed by atoms with Crippen molar-refractivity contribution in [2.75, 3.05) is 25.3 Å². The van der Waals surface area contributed by atoms with Gasteiger partial charge in [0.15, 0.2) is 0 Å². The quantitative estimate of drug-likeness (QED) is 0.440. The van der Waals surface area contributed by atoms with Gasteiger partial charge in [0.2, 0.25) is 11.8 Å². The molecule has 0 saturated carbocycles. The number of amides is 2. The molecule has 2 aromatic rings. The van der Waals surface area contributed by atoms with Crippen LogP contribution in [0.25, 0.3) is 0 Å². The van der Waals surface area contributed by atoms with E-state index >= 15 is 0 Å². The van der Waals surface area contributed by atoms with Crippen molar-refractivity contribution >= 4 is 46.8 Å². The zero-order valence-corrected chi connectivity index (χ0v) is 20.3. The lowest BCUT2D eigenvalue weighted by atomic mass is 9.78. The highest BCUT2D eigenvalue weighted by Gasteiger charge is 2.44. The van der Waals surface area contributed by atoms with E-state index in [-0.39, 0.29) is 22.3 Å². The Kier molecular flexibility index (Phi) is 8.21. The standard InChI is InChI=1S/C24H22ClN3O5S/c1-13-4-7-15(10-18(13)25)27-19(29)12-34-23-17(11-26)20(14-5-8-16(32-2)9-6-14)21(22(30)28-23)24(31)33-3/h4-10,20-21H,12H2,1-3H3,(H,27,29)(H,28,30)/t20-,21+/m1/s1. The molecule has 0 aliphatic carbocycles. The second kappa shape index (κ2) is 11.1. The van der Waals surface area contributed by atoms with Crippen LogP contribution in [-0.2, 0) is 19.1 Å². The van der Waals surface area contributed by atoms with E-state index in [4.69, 9.17) is 21.1 Å². The number of ether oxygens (including phenoxy) is 2. The molecule has 1 aliphatic rings. The molecule has 2 atom stereocenters. The molecule has 2 aromatic carbocycles. The van der Waals surface area contributed by atoms with E-state index in [1.165, 1.54) is 14.2 Å². The summed E-state index contributed by atoms with van der Waals surface area (Å²) in [6, 6.07) is 14.0. The third-order valence-electron chi connectivity index (χ3n) is 5.26. The van der Waals surface area contributed by atoms with E-state index in [0.29, 0.717) is 22.0 Å². The number of carbonyl (C=O) groups is 3. The molecule has 8 nitrogen and oxygen atoms in total. The summed E-state index contributed by atoms with van der Waals surface area (Å²) in [4.78, 5) is 37.8. The van der Waals surface area contributed by atoms with Gasteiger partial charge in [-0.1, -0.05) is 41.6 Å². The van der Waals surface area contributed by atoms with E-state index in [9.17, 15) is 19.6 Å². The van der Waals surface area contributed by atoms with Crippen molar-refractivity contribution in [2.24, 2.45) is 5.92 Å². The highest BCUT2D eigenvalue weighted by Crippen LogP contribution is 2.40. The van der Waals surface area contributed by atoms with Crippen molar-refractivity contribution in [1.82, 2.24) is 5.32 Å². The van der Waals surface area contributed by atoms with Crippen LogP contribution in [0, 0.1) is 24.2 Å². The van der Waals surface area contributed by atoms with Crippen molar-refractivity contribution in [3.63, 3.8) is 0 Å². The Bertz CT molecular complexity index is 1190. The second-order valence-corrected chi connectivity index (χ2v) is 8.79. The minimum Gasteiger partial charge on any atom is -0.497 e. The van der Waals surface area contributed by atoms with Crippen LogP contribution in [0.4, 0.5) is 5.69 Å². The van der Waals surface area contributed by atoms with Crippen LogP contribution in [-0.4, -0.2) is 37.8 Å². The predicted molar refractivity (Wildman–Crippen MR) is 129 cm³/mol. The molecule has 1 aliphatic heterocycles. The largest absolute Gasteiger partial charge is 0.497 e. The summed E-state index contributed by atoms with van der Waals surface area (Å²) in [7, 11) is 2.70. The molecule has 34 heavy (non-hydrogen) atoms. The molecular formula is C24H22ClN3O5S. The van der Waals surface area contributed by atoms with Crippen LogP contribution in [0.15, 0.2) is 53.1 Å². The molecule has 1 heterocycles. The first kappa shape index (κ1) is 25.1. The Labute approximate surface area is 206 Å². The fourth-order valence-corrected chi connectivity index (χ4v) is 4.53. The van der Waals surface area contributed by atoms with E-state index in [2.05, 4.69) is 16.7 Å². The van der Waals surface area contributed by atoms with E-state index in [1.807, 2.05) is 6.92 Å². The number of nitrogens with zero attached hydrogens (tertiary/aromatic N) is 1. The van der Waals surface area contributed by atoms with Gasteiger partial charge in [-0.3, -0.25) is 14.4 Å². The molecular weight excluding hydrogens is 478 g/mol. The first-order chi connectivity index (χ1) is 16.3. The number of hydrogen-bond donors (Lipinski definition) is 2. The normalized spacial score (nSPS) is 17.4. The molecule has 2 N–H and O–H groups in total. The smallest absolute Gasteiger partial charge is 0.319 e. The number of aryl methyl sites for hydroxylation is 1. The number of halogens is 1. The molecule has 0 saturated heterocycles. The Morgan fingerprint density at radius 2 is 1.91 bits per heavy atom. The Morgan fingerprint density at radius 3 is 2.50 bits per heavy atom. The zero-order chi connectivity index (χ0) is 24.8. The van der Waals surface area contributed by atoms with Crippen LogP contribution in [0.1, 0.15) is 17.0 Å². The number of methoxy groups -OCH3 is 2. The summed E-state index contributed by atoms with van der Waals surface area (Å²) in [5, 5.41) is 16.0. The van der Waals surface area contributed by atoms with Crippen LogP contribution < -0.4 is 15.4 Å². The zero-order valence-electron chi connectivity index (χ0n) is 18.7. The molecule has 0 radical (unpaired) electrons. The fraction of sp³-hybridized carbons (Fsp3) is 0.250. The van der Waals surface area contributed by atoms with Crippen molar-refractivity contribution < 1.29 is 23.9 Å². The van der Waals surface area contributed by atoms with Gasteiger partial charge in [-0.2, -0.15) is 5.26 Å². The number of nitriles is 1. The van der Waals surface area contributed by atoms with Crippen molar-refractivity contribution in [3.05, 3.63) is 69.2 Å². The van der Waals surface area contributed by atoms with Gasteiger partial charge in [-0.25, -0.2) is 0 Å². The molecule has 0 fully saturated rings. The SMILES string of the molecule is COC(=O)[C@@H]1C(=O)NC(SCC(=O)Nc2ccc(C)c(Cl)c2)=C(C#N)[C@H]1c1ccc(OC)cc1. The van der Waals surface area contributed by atoms with E-state index in [0.717, 1.165) is 17.3 Å². The maximum absolute atomic E-state index is 12.9. The average Bonchev–Trinajstić information content (AvgIpc) is 2.84. The van der Waals surface area contributed by atoms with Crippen molar-refractivity contribution in [3.8, 4) is 11.8 Å². The highest BCUT2D eigenvalue weighted by atomic mass is 35.5. The number of benzene rings is 2. The minimum absolute atomic E-state index is 0.0789. The summed E-state index contributed by atoms with van der Waals surface area (Å²) < 4.78 is 10.00. The Hall–Kier alpha value is -3.48. The number of hydrogen-bond acceptors (Lipinski definition) is 7. The highest BCUT2D eigenvalue weighted by molar-refractivity contribution is 8.03. The average molecular weight is 500 g/mol. The van der Waals surface area contributed by atoms with E-state index in [1.54, 1.807) is 42.5 Å². The summed E-state index contributed by atoms with van der Waals surface area (Å²) in [6.45, 7) is 1.85. The first-order valence-electron chi connectivity index (χ1n) is 10.1. The molecule has 0 unspecified atom stereocenters. The third kappa shape index (κ3) is 5.53. The fourth-order valence-electron chi connectivity index (χ4n) is 3.50. The lowest BCUT2D eigenvalue weighted by Crippen LogP contribution is -2.44. The van der Waals surface area contributed by atoms with Gasteiger partial charge in [0.1, 0.15) is 11.7 Å². The predicted octanol–water partition coefficient (Wildman–Crippen LogP) is 3.77. The maximum Gasteiger partial charge on any atom is 0.319 e. The van der Waals surface area contributed by atoms with Crippen LogP contribution in [0.2, 0.25) is 5.02 Å². The Balaban J connectivity index is 1.88.